The molecule has 0 saturated carbocycles. The molecular weight excluding hydrogens is 200 g/mol. The van der Waals surface area contributed by atoms with Gasteiger partial charge in [0.25, 0.3) is 0 Å². The lowest BCUT2D eigenvalue weighted by atomic mass is 10.1. The van der Waals surface area contributed by atoms with Crippen LogP contribution in [0.3, 0.4) is 0 Å². The maximum atomic E-state index is 9.04. The molecule has 2 unspecified atom stereocenters. The van der Waals surface area contributed by atoms with E-state index in [1.54, 1.807) is 12.4 Å². The summed E-state index contributed by atoms with van der Waals surface area (Å²) in [5.74, 6) is 0.752. The van der Waals surface area contributed by atoms with Gasteiger partial charge in [0, 0.05) is 24.5 Å². The standard InChI is InChI=1S/C12H16N4/c1-3-10-5-4-9(2)16(10)12-11(8-13)14-6-7-15-12/h6-7,9-10H,3-5H2,1-2H3. The predicted octanol–water partition coefficient (Wildman–Crippen LogP) is 2.12. The van der Waals surface area contributed by atoms with Gasteiger partial charge in [-0.2, -0.15) is 5.26 Å². The fourth-order valence-corrected chi connectivity index (χ4v) is 2.45. The topological polar surface area (TPSA) is 52.8 Å². The van der Waals surface area contributed by atoms with Crippen molar-refractivity contribution in [3.63, 3.8) is 0 Å². The van der Waals surface area contributed by atoms with Crippen molar-refractivity contribution in [2.24, 2.45) is 0 Å². The van der Waals surface area contributed by atoms with Gasteiger partial charge in [-0.15, -0.1) is 0 Å². The first kappa shape index (κ1) is 10.9. The zero-order valence-corrected chi connectivity index (χ0v) is 9.72. The monoisotopic (exact) mass is 216 g/mol. The third-order valence-corrected chi connectivity index (χ3v) is 3.29. The molecule has 2 rings (SSSR count). The molecule has 2 atom stereocenters. The van der Waals surface area contributed by atoms with Crippen LogP contribution in [-0.4, -0.2) is 22.1 Å². The Bertz CT molecular complexity index is 410. The van der Waals surface area contributed by atoms with E-state index in [-0.39, 0.29) is 0 Å². The highest BCUT2D eigenvalue weighted by molar-refractivity contribution is 5.52. The molecule has 0 spiro atoms. The van der Waals surface area contributed by atoms with Crippen LogP contribution in [0.5, 0.6) is 0 Å². The van der Waals surface area contributed by atoms with Crippen LogP contribution in [0.2, 0.25) is 0 Å². The summed E-state index contributed by atoms with van der Waals surface area (Å²) in [4.78, 5) is 10.7. The van der Waals surface area contributed by atoms with Crippen molar-refractivity contribution in [1.82, 2.24) is 9.97 Å². The summed E-state index contributed by atoms with van der Waals surface area (Å²) >= 11 is 0. The number of hydrogen-bond acceptors (Lipinski definition) is 4. The lowest BCUT2D eigenvalue weighted by Crippen LogP contribution is -2.35. The van der Waals surface area contributed by atoms with E-state index in [1.807, 2.05) is 0 Å². The van der Waals surface area contributed by atoms with Crippen molar-refractivity contribution in [3.8, 4) is 6.07 Å². The van der Waals surface area contributed by atoms with Crippen molar-refractivity contribution in [2.45, 2.75) is 45.2 Å². The van der Waals surface area contributed by atoms with Crippen LogP contribution in [0.1, 0.15) is 38.8 Å². The summed E-state index contributed by atoms with van der Waals surface area (Å²) in [5.41, 5.74) is 0.440. The number of nitrogens with zero attached hydrogens (tertiary/aromatic N) is 4. The van der Waals surface area contributed by atoms with Gasteiger partial charge in [-0.1, -0.05) is 6.92 Å². The average Bonchev–Trinajstić information content (AvgIpc) is 2.70. The van der Waals surface area contributed by atoms with E-state index in [9.17, 15) is 0 Å². The Morgan fingerprint density at radius 3 is 2.88 bits per heavy atom. The van der Waals surface area contributed by atoms with Crippen molar-refractivity contribution in [1.29, 1.82) is 5.26 Å². The molecule has 0 radical (unpaired) electrons. The van der Waals surface area contributed by atoms with Gasteiger partial charge >= 0.3 is 0 Å². The molecule has 0 bridgehead atoms. The molecule has 1 saturated heterocycles. The van der Waals surface area contributed by atoms with Gasteiger partial charge in [0.1, 0.15) is 6.07 Å². The lowest BCUT2D eigenvalue weighted by Gasteiger charge is -2.29. The number of nitriles is 1. The molecule has 0 amide bonds. The van der Waals surface area contributed by atoms with Crippen LogP contribution in [-0.2, 0) is 0 Å². The number of hydrogen-bond donors (Lipinski definition) is 0. The SMILES string of the molecule is CCC1CCC(C)N1c1nccnc1C#N. The van der Waals surface area contributed by atoms with Crippen LogP contribution < -0.4 is 4.90 Å². The number of aromatic nitrogens is 2. The second-order valence-electron chi connectivity index (χ2n) is 4.24. The molecule has 0 aromatic carbocycles. The van der Waals surface area contributed by atoms with Gasteiger partial charge in [0.2, 0.25) is 0 Å². The minimum absolute atomic E-state index is 0.440. The Morgan fingerprint density at radius 1 is 1.44 bits per heavy atom. The van der Waals surface area contributed by atoms with Gasteiger partial charge < -0.3 is 4.90 Å². The van der Waals surface area contributed by atoms with Crippen molar-refractivity contribution in [2.75, 3.05) is 4.90 Å². The number of rotatable bonds is 2. The van der Waals surface area contributed by atoms with Gasteiger partial charge in [-0.3, -0.25) is 0 Å². The van der Waals surface area contributed by atoms with Crippen molar-refractivity contribution >= 4 is 5.82 Å². The third kappa shape index (κ3) is 1.73. The zero-order valence-electron chi connectivity index (χ0n) is 9.72. The van der Waals surface area contributed by atoms with Gasteiger partial charge in [-0.25, -0.2) is 9.97 Å². The van der Waals surface area contributed by atoms with Crippen molar-refractivity contribution < 1.29 is 0 Å². The largest absolute Gasteiger partial charge is 0.349 e. The van der Waals surface area contributed by atoms with E-state index < -0.39 is 0 Å². The van der Waals surface area contributed by atoms with Crippen LogP contribution in [0, 0.1) is 11.3 Å². The normalized spacial score (nSPS) is 24.4. The molecule has 1 aliphatic rings. The molecule has 16 heavy (non-hydrogen) atoms. The Labute approximate surface area is 95.9 Å². The summed E-state index contributed by atoms with van der Waals surface area (Å²) in [6.45, 7) is 4.36. The molecular formula is C12H16N4. The molecule has 0 aliphatic carbocycles. The van der Waals surface area contributed by atoms with E-state index >= 15 is 0 Å². The molecule has 84 valence electrons. The first-order valence-corrected chi connectivity index (χ1v) is 5.77. The zero-order chi connectivity index (χ0) is 11.5. The van der Waals surface area contributed by atoms with Crippen molar-refractivity contribution in [3.05, 3.63) is 18.1 Å². The maximum absolute atomic E-state index is 9.04. The molecule has 1 aromatic heterocycles. The Balaban J connectivity index is 2.39. The molecule has 1 fully saturated rings. The average molecular weight is 216 g/mol. The molecule has 2 heterocycles. The third-order valence-electron chi connectivity index (χ3n) is 3.29. The maximum Gasteiger partial charge on any atom is 0.183 e. The Hall–Kier alpha value is -1.63. The van der Waals surface area contributed by atoms with E-state index in [4.69, 9.17) is 5.26 Å². The lowest BCUT2D eigenvalue weighted by molar-refractivity contribution is 0.619. The molecule has 4 nitrogen and oxygen atoms in total. The van der Waals surface area contributed by atoms with Gasteiger partial charge in [0.15, 0.2) is 11.5 Å². The van der Waals surface area contributed by atoms with Crippen LogP contribution in [0.15, 0.2) is 12.4 Å². The van der Waals surface area contributed by atoms with Crippen LogP contribution in [0.4, 0.5) is 5.82 Å². The van der Waals surface area contributed by atoms with E-state index in [2.05, 4.69) is 34.8 Å². The summed E-state index contributed by atoms with van der Waals surface area (Å²) in [7, 11) is 0. The fourth-order valence-electron chi connectivity index (χ4n) is 2.45. The summed E-state index contributed by atoms with van der Waals surface area (Å²) in [5, 5.41) is 9.04. The summed E-state index contributed by atoms with van der Waals surface area (Å²) in [6, 6.07) is 3.07. The minimum atomic E-state index is 0.440. The summed E-state index contributed by atoms with van der Waals surface area (Å²) in [6.07, 6.45) is 6.67. The molecule has 4 heteroatoms. The smallest absolute Gasteiger partial charge is 0.183 e. The molecule has 1 aliphatic heterocycles. The minimum Gasteiger partial charge on any atom is -0.349 e. The van der Waals surface area contributed by atoms with Gasteiger partial charge in [0.05, 0.1) is 0 Å². The quantitative estimate of drug-likeness (QED) is 0.759. The first-order valence-electron chi connectivity index (χ1n) is 5.77. The molecule has 0 N–H and O–H groups in total. The highest BCUT2D eigenvalue weighted by Gasteiger charge is 2.31. The molecule has 1 aromatic rings. The second kappa shape index (κ2) is 4.48. The van der Waals surface area contributed by atoms with E-state index in [0.717, 1.165) is 12.2 Å². The van der Waals surface area contributed by atoms with Crippen LogP contribution in [0.25, 0.3) is 0 Å². The Kier molecular flexibility index (Phi) is 3.04. The van der Waals surface area contributed by atoms with Crippen LogP contribution >= 0.6 is 0 Å². The predicted molar refractivity (Wildman–Crippen MR) is 62.0 cm³/mol. The Morgan fingerprint density at radius 2 is 2.19 bits per heavy atom. The second-order valence-corrected chi connectivity index (χ2v) is 4.24. The number of anilines is 1. The highest BCUT2D eigenvalue weighted by Crippen LogP contribution is 2.31. The van der Waals surface area contributed by atoms with E-state index in [0.29, 0.717) is 17.8 Å². The summed E-state index contributed by atoms with van der Waals surface area (Å²) < 4.78 is 0. The van der Waals surface area contributed by atoms with Gasteiger partial charge in [-0.05, 0) is 26.2 Å². The first-order chi connectivity index (χ1) is 7.77. The van der Waals surface area contributed by atoms with E-state index in [1.165, 1.54) is 12.8 Å². The highest BCUT2D eigenvalue weighted by atomic mass is 15.3. The fraction of sp³-hybridized carbons (Fsp3) is 0.583.